The average molecular weight is 329 g/mol. The highest BCUT2D eigenvalue weighted by Gasteiger charge is 2.24. The second kappa shape index (κ2) is 8.01. The number of carbonyl (C=O) groups is 2. The molecule has 6 heteroatoms. The summed E-state index contributed by atoms with van der Waals surface area (Å²) in [6.07, 6.45) is 0.244. The number of nitrogens with one attached hydrogen (secondary N) is 1. The van der Waals surface area contributed by atoms with Gasteiger partial charge in [0, 0.05) is 6.42 Å². The molecule has 6 nitrogen and oxygen atoms in total. The first kappa shape index (κ1) is 17.3. The highest BCUT2D eigenvalue weighted by Crippen LogP contribution is 2.18. The van der Waals surface area contributed by atoms with E-state index in [9.17, 15) is 14.7 Å². The molecule has 2 aromatic rings. The van der Waals surface area contributed by atoms with Crippen molar-refractivity contribution in [2.24, 2.45) is 0 Å². The van der Waals surface area contributed by atoms with Crippen LogP contribution in [-0.2, 0) is 16.0 Å². The van der Waals surface area contributed by atoms with Gasteiger partial charge in [-0.3, -0.25) is 4.79 Å². The predicted molar refractivity (Wildman–Crippen MR) is 88.1 cm³/mol. The van der Waals surface area contributed by atoms with Crippen molar-refractivity contribution < 1.29 is 24.2 Å². The topological polar surface area (TPSA) is 84.9 Å². The fraction of sp³-hybridized carbons (Fsp3) is 0.222. The van der Waals surface area contributed by atoms with Crippen LogP contribution < -0.4 is 10.1 Å². The summed E-state index contributed by atoms with van der Waals surface area (Å²) < 4.78 is 9.93. The number of rotatable bonds is 6. The zero-order chi connectivity index (χ0) is 17.5. The molecule has 0 radical (unpaired) electrons. The molecule has 0 unspecified atom stereocenters. The van der Waals surface area contributed by atoms with Gasteiger partial charge in [0.1, 0.15) is 17.5 Å². The predicted octanol–water partition coefficient (Wildman–Crippen LogP) is 1.91. The molecule has 1 atom stereocenters. The summed E-state index contributed by atoms with van der Waals surface area (Å²) >= 11 is 0. The van der Waals surface area contributed by atoms with Crippen LogP contribution in [0, 0.1) is 0 Å². The van der Waals surface area contributed by atoms with Gasteiger partial charge in [-0.25, -0.2) is 4.79 Å². The van der Waals surface area contributed by atoms with Gasteiger partial charge in [0.2, 0.25) is 0 Å². The van der Waals surface area contributed by atoms with Crippen molar-refractivity contribution in [1.29, 1.82) is 0 Å². The van der Waals surface area contributed by atoms with Crippen molar-refractivity contribution >= 4 is 11.9 Å². The molecule has 0 saturated carbocycles. The lowest BCUT2D eigenvalue weighted by molar-refractivity contribution is -0.142. The van der Waals surface area contributed by atoms with Crippen LogP contribution in [0.1, 0.15) is 15.9 Å². The van der Waals surface area contributed by atoms with Crippen LogP contribution in [0.25, 0.3) is 0 Å². The Kier molecular flexibility index (Phi) is 5.78. The van der Waals surface area contributed by atoms with E-state index in [0.717, 1.165) is 5.56 Å². The molecular formula is C18H19NO5. The van der Waals surface area contributed by atoms with E-state index in [1.165, 1.54) is 26.4 Å². The Bertz CT molecular complexity index is 712. The summed E-state index contributed by atoms with van der Waals surface area (Å²) in [6.45, 7) is 0. The van der Waals surface area contributed by atoms with Gasteiger partial charge in [-0.1, -0.05) is 24.3 Å². The number of esters is 1. The second-order valence-electron chi connectivity index (χ2n) is 5.12. The van der Waals surface area contributed by atoms with Crippen LogP contribution in [0.5, 0.6) is 11.5 Å². The van der Waals surface area contributed by atoms with Crippen molar-refractivity contribution in [2.45, 2.75) is 12.5 Å². The van der Waals surface area contributed by atoms with Crippen molar-refractivity contribution in [2.75, 3.05) is 14.2 Å². The smallest absolute Gasteiger partial charge is 0.328 e. The minimum atomic E-state index is -0.850. The molecule has 2 rings (SSSR count). The van der Waals surface area contributed by atoms with E-state index in [1.54, 1.807) is 36.4 Å². The Hall–Kier alpha value is -3.02. The van der Waals surface area contributed by atoms with E-state index >= 15 is 0 Å². The standard InChI is InChI=1S/C18H19NO5/c1-23-16-6-4-3-5-14(16)17(21)19-15(18(22)24-2)11-12-7-9-13(20)10-8-12/h3-10,15,20H,11H2,1-2H3,(H,19,21)/t15-/m0/s1. The molecular weight excluding hydrogens is 310 g/mol. The zero-order valence-corrected chi connectivity index (χ0v) is 13.5. The Balaban J connectivity index is 2.17. The van der Waals surface area contributed by atoms with Crippen LogP contribution in [0.4, 0.5) is 0 Å². The van der Waals surface area contributed by atoms with E-state index in [4.69, 9.17) is 9.47 Å². The Morgan fingerprint density at radius 2 is 1.75 bits per heavy atom. The van der Waals surface area contributed by atoms with Crippen molar-refractivity contribution in [3.8, 4) is 11.5 Å². The second-order valence-corrected chi connectivity index (χ2v) is 5.12. The number of methoxy groups -OCH3 is 2. The molecule has 0 saturated heterocycles. The summed E-state index contributed by atoms with van der Waals surface area (Å²) in [7, 11) is 2.74. The van der Waals surface area contributed by atoms with Crippen molar-refractivity contribution in [3.05, 3.63) is 59.7 Å². The maximum absolute atomic E-state index is 12.5. The molecule has 126 valence electrons. The van der Waals surface area contributed by atoms with Gasteiger partial charge in [-0.05, 0) is 29.8 Å². The molecule has 0 heterocycles. The van der Waals surface area contributed by atoms with Gasteiger partial charge in [0.15, 0.2) is 0 Å². The molecule has 0 fully saturated rings. The summed E-state index contributed by atoms with van der Waals surface area (Å²) in [4.78, 5) is 24.4. The van der Waals surface area contributed by atoms with Gasteiger partial charge in [0.25, 0.3) is 5.91 Å². The first-order chi connectivity index (χ1) is 11.5. The first-order valence-electron chi connectivity index (χ1n) is 7.34. The quantitative estimate of drug-likeness (QED) is 0.791. The number of carbonyl (C=O) groups excluding carboxylic acids is 2. The minimum absolute atomic E-state index is 0.131. The largest absolute Gasteiger partial charge is 0.508 e. The molecule has 0 spiro atoms. The molecule has 2 aromatic carbocycles. The summed E-state index contributed by atoms with van der Waals surface area (Å²) in [5.74, 6) is -0.428. The lowest BCUT2D eigenvalue weighted by Crippen LogP contribution is -2.43. The van der Waals surface area contributed by atoms with E-state index < -0.39 is 17.9 Å². The summed E-state index contributed by atoms with van der Waals surface area (Å²) in [6, 6.07) is 12.3. The van der Waals surface area contributed by atoms with Crippen LogP contribution >= 0.6 is 0 Å². The van der Waals surface area contributed by atoms with E-state index in [2.05, 4.69) is 5.32 Å². The molecule has 1 amide bonds. The number of benzene rings is 2. The number of amides is 1. The zero-order valence-electron chi connectivity index (χ0n) is 13.5. The lowest BCUT2D eigenvalue weighted by atomic mass is 10.0. The highest BCUT2D eigenvalue weighted by atomic mass is 16.5. The van der Waals surface area contributed by atoms with E-state index in [0.29, 0.717) is 11.3 Å². The number of aromatic hydroxyl groups is 1. The van der Waals surface area contributed by atoms with Gasteiger partial charge < -0.3 is 19.9 Å². The third kappa shape index (κ3) is 4.25. The van der Waals surface area contributed by atoms with Crippen molar-refractivity contribution in [1.82, 2.24) is 5.32 Å². The Morgan fingerprint density at radius 3 is 2.38 bits per heavy atom. The molecule has 24 heavy (non-hydrogen) atoms. The third-order valence-corrected chi connectivity index (χ3v) is 3.52. The van der Waals surface area contributed by atoms with Gasteiger partial charge in [-0.15, -0.1) is 0 Å². The van der Waals surface area contributed by atoms with Crippen LogP contribution in [0.2, 0.25) is 0 Å². The highest BCUT2D eigenvalue weighted by molar-refractivity contribution is 5.99. The number of hydrogen-bond donors (Lipinski definition) is 2. The van der Waals surface area contributed by atoms with E-state index in [1.807, 2.05) is 0 Å². The molecule has 2 N–H and O–H groups in total. The molecule has 0 bridgehead atoms. The average Bonchev–Trinajstić information content (AvgIpc) is 2.62. The lowest BCUT2D eigenvalue weighted by Gasteiger charge is -2.17. The molecule has 0 aliphatic carbocycles. The number of hydrogen-bond acceptors (Lipinski definition) is 5. The first-order valence-corrected chi connectivity index (χ1v) is 7.34. The monoisotopic (exact) mass is 329 g/mol. The van der Waals surface area contributed by atoms with Gasteiger partial charge in [0.05, 0.1) is 19.8 Å². The Labute approximate surface area is 140 Å². The number of phenols is 1. The maximum atomic E-state index is 12.5. The number of ether oxygens (including phenoxy) is 2. The van der Waals surface area contributed by atoms with Crippen LogP contribution in [-0.4, -0.2) is 37.2 Å². The number of phenolic OH excluding ortho intramolecular Hbond substituents is 1. The number of para-hydroxylation sites is 1. The maximum Gasteiger partial charge on any atom is 0.328 e. The van der Waals surface area contributed by atoms with Crippen molar-refractivity contribution in [3.63, 3.8) is 0 Å². The van der Waals surface area contributed by atoms with Crippen LogP contribution in [0.15, 0.2) is 48.5 Å². The SMILES string of the molecule is COC(=O)[C@H](Cc1ccc(O)cc1)NC(=O)c1ccccc1OC. The summed E-state index contributed by atoms with van der Waals surface area (Å²) in [5.41, 5.74) is 1.11. The molecule has 0 aromatic heterocycles. The fourth-order valence-corrected chi connectivity index (χ4v) is 2.27. The minimum Gasteiger partial charge on any atom is -0.508 e. The fourth-order valence-electron chi connectivity index (χ4n) is 2.27. The van der Waals surface area contributed by atoms with Crippen LogP contribution in [0.3, 0.4) is 0 Å². The molecule has 0 aliphatic heterocycles. The molecule has 0 aliphatic rings. The van der Waals surface area contributed by atoms with E-state index in [-0.39, 0.29) is 12.2 Å². The van der Waals surface area contributed by atoms with Gasteiger partial charge in [-0.2, -0.15) is 0 Å². The summed E-state index contributed by atoms with van der Waals surface area (Å²) in [5, 5.41) is 12.0. The van der Waals surface area contributed by atoms with Gasteiger partial charge >= 0.3 is 5.97 Å². The normalized spacial score (nSPS) is 11.4. The Morgan fingerprint density at radius 1 is 1.08 bits per heavy atom. The third-order valence-electron chi connectivity index (χ3n) is 3.52.